The van der Waals surface area contributed by atoms with Gasteiger partial charge in [0.15, 0.2) is 0 Å². The van der Waals surface area contributed by atoms with Crippen LogP contribution in [-0.2, 0) is 11.2 Å². The first-order chi connectivity index (χ1) is 7.76. The summed E-state index contributed by atoms with van der Waals surface area (Å²) < 4.78 is 11.0. The summed E-state index contributed by atoms with van der Waals surface area (Å²) in [5.41, 5.74) is 8.63. The lowest BCUT2D eigenvalue weighted by molar-refractivity contribution is 0.0441. The topological polar surface area (TPSA) is 44.5 Å². The van der Waals surface area contributed by atoms with Gasteiger partial charge in [-0.15, -0.1) is 0 Å². The standard InChI is InChI=1S/C13H19NO2/c1-3-6-16-12-7-9-4-5-10(15-2)8-11(9)13(12)14/h4-5,8,12-13H,3,6-7,14H2,1-2H3. The lowest BCUT2D eigenvalue weighted by Crippen LogP contribution is -2.25. The van der Waals surface area contributed by atoms with Gasteiger partial charge in [-0.25, -0.2) is 0 Å². The van der Waals surface area contributed by atoms with Crippen LogP contribution in [0.2, 0.25) is 0 Å². The third kappa shape index (κ3) is 2.06. The molecule has 0 radical (unpaired) electrons. The van der Waals surface area contributed by atoms with E-state index in [1.165, 1.54) is 11.1 Å². The van der Waals surface area contributed by atoms with Gasteiger partial charge in [0.25, 0.3) is 0 Å². The van der Waals surface area contributed by atoms with Crippen LogP contribution in [0.15, 0.2) is 18.2 Å². The summed E-state index contributed by atoms with van der Waals surface area (Å²) >= 11 is 0. The predicted octanol–water partition coefficient (Wildman–Crippen LogP) is 2.05. The first kappa shape index (κ1) is 11.4. The quantitative estimate of drug-likeness (QED) is 0.846. The average molecular weight is 221 g/mol. The predicted molar refractivity (Wildman–Crippen MR) is 63.7 cm³/mol. The maximum Gasteiger partial charge on any atom is 0.119 e. The van der Waals surface area contributed by atoms with Crippen LogP contribution >= 0.6 is 0 Å². The van der Waals surface area contributed by atoms with E-state index >= 15 is 0 Å². The van der Waals surface area contributed by atoms with Crippen molar-refractivity contribution in [3.8, 4) is 5.75 Å². The third-order valence-corrected chi connectivity index (χ3v) is 3.07. The third-order valence-electron chi connectivity index (χ3n) is 3.07. The molecule has 0 aliphatic heterocycles. The van der Waals surface area contributed by atoms with E-state index < -0.39 is 0 Å². The minimum atomic E-state index is -0.0170. The van der Waals surface area contributed by atoms with Crippen LogP contribution < -0.4 is 10.5 Å². The summed E-state index contributed by atoms with van der Waals surface area (Å²) in [7, 11) is 1.67. The van der Waals surface area contributed by atoms with E-state index in [0.717, 1.165) is 25.2 Å². The van der Waals surface area contributed by atoms with E-state index in [0.29, 0.717) is 0 Å². The summed E-state index contributed by atoms with van der Waals surface area (Å²) in [6.07, 6.45) is 2.07. The van der Waals surface area contributed by atoms with Crippen molar-refractivity contribution < 1.29 is 9.47 Å². The molecule has 0 fully saturated rings. The van der Waals surface area contributed by atoms with Gasteiger partial charge >= 0.3 is 0 Å². The molecule has 88 valence electrons. The second kappa shape index (κ2) is 4.85. The van der Waals surface area contributed by atoms with E-state index in [4.69, 9.17) is 15.2 Å². The Labute approximate surface area is 96.5 Å². The highest BCUT2D eigenvalue weighted by Gasteiger charge is 2.30. The van der Waals surface area contributed by atoms with Gasteiger partial charge in [-0.3, -0.25) is 0 Å². The molecular formula is C13H19NO2. The molecule has 3 nitrogen and oxygen atoms in total. The number of methoxy groups -OCH3 is 1. The van der Waals surface area contributed by atoms with Gasteiger partial charge < -0.3 is 15.2 Å². The molecule has 0 heterocycles. The fraction of sp³-hybridized carbons (Fsp3) is 0.538. The van der Waals surface area contributed by atoms with Crippen molar-refractivity contribution in [2.24, 2.45) is 5.73 Å². The molecule has 0 aromatic heterocycles. The minimum absolute atomic E-state index is 0.0170. The Morgan fingerprint density at radius 1 is 1.44 bits per heavy atom. The maximum absolute atomic E-state index is 6.17. The normalized spacial score (nSPS) is 23.2. The molecule has 1 aliphatic rings. The average Bonchev–Trinajstić information content (AvgIpc) is 2.63. The molecular weight excluding hydrogens is 202 g/mol. The molecule has 2 N–H and O–H groups in total. The fourth-order valence-corrected chi connectivity index (χ4v) is 2.17. The Morgan fingerprint density at radius 2 is 2.25 bits per heavy atom. The summed E-state index contributed by atoms with van der Waals surface area (Å²) in [5.74, 6) is 0.866. The zero-order valence-corrected chi connectivity index (χ0v) is 9.90. The first-order valence-corrected chi connectivity index (χ1v) is 5.80. The SMILES string of the molecule is CCCOC1Cc2ccc(OC)cc2C1N. The molecule has 16 heavy (non-hydrogen) atoms. The molecule has 0 saturated carbocycles. The van der Waals surface area contributed by atoms with E-state index in [9.17, 15) is 0 Å². The van der Waals surface area contributed by atoms with Crippen LogP contribution in [0.4, 0.5) is 0 Å². The second-order valence-electron chi connectivity index (χ2n) is 4.20. The number of benzene rings is 1. The molecule has 2 rings (SSSR count). The molecule has 1 aromatic rings. The van der Waals surface area contributed by atoms with Gasteiger partial charge in [-0.1, -0.05) is 13.0 Å². The van der Waals surface area contributed by atoms with Gasteiger partial charge in [-0.2, -0.15) is 0 Å². The molecule has 0 spiro atoms. The van der Waals surface area contributed by atoms with E-state index in [1.54, 1.807) is 7.11 Å². The molecule has 0 bridgehead atoms. The monoisotopic (exact) mass is 221 g/mol. The molecule has 2 unspecified atom stereocenters. The zero-order chi connectivity index (χ0) is 11.5. The van der Waals surface area contributed by atoms with Crippen LogP contribution in [0.3, 0.4) is 0 Å². The van der Waals surface area contributed by atoms with Gasteiger partial charge in [-0.05, 0) is 29.7 Å². The number of ether oxygens (including phenoxy) is 2. The van der Waals surface area contributed by atoms with Crippen molar-refractivity contribution in [1.29, 1.82) is 0 Å². The lowest BCUT2D eigenvalue weighted by atomic mass is 10.1. The Bertz CT molecular complexity index is 365. The van der Waals surface area contributed by atoms with Crippen molar-refractivity contribution >= 4 is 0 Å². The van der Waals surface area contributed by atoms with Gasteiger partial charge in [0, 0.05) is 13.0 Å². The number of fused-ring (bicyclic) bond motifs is 1. The minimum Gasteiger partial charge on any atom is -0.497 e. The lowest BCUT2D eigenvalue weighted by Gasteiger charge is -2.16. The summed E-state index contributed by atoms with van der Waals surface area (Å²) in [6, 6.07) is 6.07. The number of nitrogens with two attached hydrogens (primary N) is 1. The van der Waals surface area contributed by atoms with Crippen LogP contribution in [0.25, 0.3) is 0 Å². The van der Waals surface area contributed by atoms with Crippen molar-refractivity contribution in [2.75, 3.05) is 13.7 Å². The fourth-order valence-electron chi connectivity index (χ4n) is 2.17. The van der Waals surface area contributed by atoms with Gasteiger partial charge in [0.05, 0.1) is 19.3 Å². The maximum atomic E-state index is 6.17. The molecule has 2 atom stereocenters. The highest BCUT2D eigenvalue weighted by Crippen LogP contribution is 2.34. The zero-order valence-electron chi connectivity index (χ0n) is 9.90. The molecule has 1 aromatic carbocycles. The largest absolute Gasteiger partial charge is 0.497 e. The van der Waals surface area contributed by atoms with Crippen molar-refractivity contribution in [2.45, 2.75) is 31.9 Å². The molecule has 1 aliphatic carbocycles. The summed E-state index contributed by atoms with van der Waals surface area (Å²) in [5, 5.41) is 0. The van der Waals surface area contributed by atoms with Crippen LogP contribution in [0, 0.1) is 0 Å². The highest BCUT2D eigenvalue weighted by atomic mass is 16.5. The first-order valence-electron chi connectivity index (χ1n) is 5.80. The Hall–Kier alpha value is -1.06. The number of rotatable bonds is 4. The summed E-state index contributed by atoms with van der Waals surface area (Å²) in [6.45, 7) is 2.89. The smallest absolute Gasteiger partial charge is 0.119 e. The Morgan fingerprint density at radius 3 is 2.94 bits per heavy atom. The summed E-state index contributed by atoms with van der Waals surface area (Å²) in [4.78, 5) is 0. The van der Waals surface area contributed by atoms with Crippen LogP contribution in [0.5, 0.6) is 5.75 Å². The van der Waals surface area contributed by atoms with Gasteiger partial charge in [0.1, 0.15) is 5.75 Å². The highest BCUT2D eigenvalue weighted by molar-refractivity contribution is 5.42. The van der Waals surface area contributed by atoms with E-state index in [-0.39, 0.29) is 12.1 Å². The molecule has 0 saturated heterocycles. The molecule has 0 amide bonds. The van der Waals surface area contributed by atoms with Crippen molar-refractivity contribution in [3.63, 3.8) is 0 Å². The van der Waals surface area contributed by atoms with Crippen molar-refractivity contribution in [3.05, 3.63) is 29.3 Å². The van der Waals surface area contributed by atoms with E-state index in [2.05, 4.69) is 13.0 Å². The number of hydrogen-bond acceptors (Lipinski definition) is 3. The van der Waals surface area contributed by atoms with Gasteiger partial charge in [0.2, 0.25) is 0 Å². The second-order valence-corrected chi connectivity index (χ2v) is 4.20. The van der Waals surface area contributed by atoms with Crippen LogP contribution in [0.1, 0.15) is 30.5 Å². The Balaban J connectivity index is 2.14. The van der Waals surface area contributed by atoms with Crippen LogP contribution in [-0.4, -0.2) is 19.8 Å². The molecule has 3 heteroatoms. The Kier molecular flexibility index (Phi) is 3.46. The number of hydrogen-bond donors (Lipinski definition) is 1. The van der Waals surface area contributed by atoms with Crippen molar-refractivity contribution in [1.82, 2.24) is 0 Å². The van der Waals surface area contributed by atoms with E-state index in [1.807, 2.05) is 12.1 Å².